The minimum absolute atomic E-state index is 0.132. The summed E-state index contributed by atoms with van der Waals surface area (Å²) in [5.74, 6) is 0.905. The van der Waals surface area contributed by atoms with Gasteiger partial charge in [-0.15, -0.1) is 0 Å². The molecule has 0 aromatic heterocycles. The van der Waals surface area contributed by atoms with Crippen molar-refractivity contribution in [3.63, 3.8) is 0 Å². The SMILES string of the molecule is COc1cc(CCC(=O)O[C@H](C)C(=O)N2CCc3ccccc32)cc(OC)c1OC. The molecular weight excluding hydrogens is 386 g/mol. The van der Waals surface area contributed by atoms with Crippen LogP contribution in [0.1, 0.15) is 24.5 Å². The van der Waals surface area contributed by atoms with E-state index in [1.54, 1.807) is 38.2 Å². The highest BCUT2D eigenvalue weighted by Gasteiger charge is 2.29. The van der Waals surface area contributed by atoms with Gasteiger partial charge in [-0.1, -0.05) is 18.2 Å². The number of nitrogens with zero attached hydrogens (tertiary/aromatic N) is 1. The van der Waals surface area contributed by atoms with Gasteiger partial charge in [0.25, 0.3) is 5.91 Å². The van der Waals surface area contributed by atoms with Gasteiger partial charge < -0.3 is 23.8 Å². The minimum atomic E-state index is -0.844. The largest absolute Gasteiger partial charge is 0.493 e. The lowest BCUT2D eigenvalue weighted by atomic mass is 10.1. The number of rotatable bonds is 8. The zero-order chi connectivity index (χ0) is 21.7. The summed E-state index contributed by atoms with van der Waals surface area (Å²) in [6.45, 7) is 2.21. The van der Waals surface area contributed by atoms with Gasteiger partial charge in [-0.3, -0.25) is 9.59 Å². The van der Waals surface area contributed by atoms with Crippen LogP contribution in [0.2, 0.25) is 0 Å². The van der Waals surface area contributed by atoms with Gasteiger partial charge in [-0.2, -0.15) is 0 Å². The number of esters is 1. The van der Waals surface area contributed by atoms with E-state index in [-0.39, 0.29) is 12.3 Å². The van der Waals surface area contributed by atoms with E-state index >= 15 is 0 Å². The Morgan fingerprint density at radius 3 is 2.33 bits per heavy atom. The third kappa shape index (κ3) is 4.50. The van der Waals surface area contributed by atoms with Crippen LogP contribution in [0.3, 0.4) is 0 Å². The van der Waals surface area contributed by atoms with Crippen molar-refractivity contribution in [2.45, 2.75) is 32.3 Å². The van der Waals surface area contributed by atoms with Gasteiger partial charge in [0.1, 0.15) is 0 Å². The van der Waals surface area contributed by atoms with Crippen molar-refractivity contribution in [2.75, 3.05) is 32.8 Å². The first-order valence-corrected chi connectivity index (χ1v) is 9.86. The van der Waals surface area contributed by atoms with Crippen LogP contribution >= 0.6 is 0 Å². The fourth-order valence-electron chi connectivity index (χ4n) is 3.62. The van der Waals surface area contributed by atoms with Crippen LogP contribution in [0.5, 0.6) is 17.2 Å². The summed E-state index contributed by atoms with van der Waals surface area (Å²) in [6, 6.07) is 11.4. The number of anilines is 1. The molecule has 0 bridgehead atoms. The predicted molar refractivity (Wildman–Crippen MR) is 112 cm³/mol. The summed E-state index contributed by atoms with van der Waals surface area (Å²) >= 11 is 0. The van der Waals surface area contributed by atoms with Crippen molar-refractivity contribution in [2.24, 2.45) is 0 Å². The molecule has 1 aliphatic heterocycles. The summed E-state index contributed by atoms with van der Waals surface area (Å²) in [4.78, 5) is 26.8. The summed E-state index contributed by atoms with van der Waals surface area (Å²) in [5, 5.41) is 0. The number of carbonyl (C=O) groups excluding carboxylic acids is 2. The number of hydrogen-bond acceptors (Lipinski definition) is 6. The Kier molecular flexibility index (Phi) is 6.82. The molecule has 2 aromatic carbocycles. The number of para-hydroxylation sites is 1. The van der Waals surface area contributed by atoms with E-state index in [4.69, 9.17) is 18.9 Å². The highest BCUT2D eigenvalue weighted by Crippen LogP contribution is 2.38. The number of fused-ring (bicyclic) bond motifs is 1. The molecule has 2 aromatic rings. The number of amides is 1. The molecule has 1 amide bonds. The molecule has 1 atom stereocenters. The van der Waals surface area contributed by atoms with Crippen LogP contribution in [0.25, 0.3) is 0 Å². The van der Waals surface area contributed by atoms with E-state index in [2.05, 4.69) is 0 Å². The third-order valence-electron chi connectivity index (χ3n) is 5.15. The average Bonchev–Trinajstić information content (AvgIpc) is 3.20. The van der Waals surface area contributed by atoms with E-state index in [9.17, 15) is 9.59 Å². The highest BCUT2D eigenvalue weighted by molar-refractivity contribution is 5.99. The van der Waals surface area contributed by atoms with Gasteiger partial charge in [0.2, 0.25) is 5.75 Å². The van der Waals surface area contributed by atoms with Crippen molar-refractivity contribution in [3.8, 4) is 17.2 Å². The molecule has 0 spiro atoms. The van der Waals surface area contributed by atoms with E-state index in [0.29, 0.717) is 30.2 Å². The Labute approximate surface area is 176 Å². The average molecular weight is 413 g/mol. The van der Waals surface area contributed by atoms with Gasteiger partial charge in [-0.05, 0) is 49.1 Å². The molecule has 30 heavy (non-hydrogen) atoms. The van der Waals surface area contributed by atoms with E-state index in [1.165, 1.54) is 7.11 Å². The second-order valence-corrected chi connectivity index (χ2v) is 7.03. The van der Waals surface area contributed by atoms with E-state index < -0.39 is 12.1 Å². The van der Waals surface area contributed by atoms with Gasteiger partial charge in [0.05, 0.1) is 21.3 Å². The molecule has 7 nitrogen and oxygen atoms in total. The molecule has 0 saturated heterocycles. The van der Waals surface area contributed by atoms with Gasteiger partial charge in [0, 0.05) is 18.7 Å². The molecule has 0 fully saturated rings. The van der Waals surface area contributed by atoms with Crippen LogP contribution in [0.15, 0.2) is 36.4 Å². The minimum Gasteiger partial charge on any atom is -0.493 e. The Hall–Kier alpha value is -3.22. The molecule has 0 N–H and O–H groups in total. The number of hydrogen-bond donors (Lipinski definition) is 0. The molecule has 160 valence electrons. The Morgan fingerprint density at radius 2 is 1.70 bits per heavy atom. The van der Waals surface area contributed by atoms with E-state index in [0.717, 1.165) is 23.2 Å². The van der Waals surface area contributed by atoms with Crippen molar-refractivity contribution in [3.05, 3.63) is 47.5 Å². The topological polar surface area (TPSA) is 74.3 Å². The summed E-state index contributed by atoms with van der Waals surface area (Å²) in [6.07, 6.45) is 0.517. The molecule has 0 saturated carbocycles. The first-order chi connectivity index (χ1) is 14.5. The van der Waals surface area contributed by atoms with Gasteiger partial charge in [-0.25, -0.2) is 0 Å². The van der Waals surface area contributed by atoms with Crippen molar-refractivity contribution >= 4 is 17.6 Å². The highest BCUT2D eigenvalue weighted by atomic mass is 16.5. The standard InChI is InChI=1S/C23H27NO6/c1-15(23(26)24-12-11-17-7-5-6-8-18(17)24)30-21(25)10-9-16-13-19(27-2)22(29-4)20(14-16)28-3/h5-8,13-15H,9-12H2,1-4H3/t15-/m1/s1. The number of carbonyl (C=O) groups is 2. The Morgan fingerprint density at radius 1 is 1.03 bits per heavy atom. The van der Waals surface area contributed by atoms with Crippen molar-refractivity contribution < 1.29 is 28.5 Å². The lowest BCUT2D eigenvalue weighted by molar-refractivity contribution is -0.153. The Bertz CT molecular complexity index is 901. The maximum Gasteiger partial charge on any atom is 0.306 e. The van der Waals surface area contributed by atoms with Crippen LogP contribution < -0.4 is 19.1 Å². The fourth-order valence-corrected chi connectivity index (χ4v) is 3.62. The van der Waals surface area contributed by atoms with E-state index in [1.807, 2.05) is 24.3 Å². The molecule has 7 heteroatoms. The monoisotopic (exact) mass is 413 g/mol. The summed E-state index contributed by atoms with van der Waals surface area (Å²) in [5.41, 5.74) is 2.86. The predicted octanol–water partition coefficient (Wildman–Crippen LogP) is 3.17. The zero-order valence-corrected chi connectivity index (χ0v) is 17.8. The maximum atomic E-state index is 12.8. The third-order valence-corrected chi connectivity index (χ3v) is 5.15. The molecule has 3 rings (SSSR count). The number of aryl methyl sites for hydroxylation is 1. The van der Waals surface area contributed by atoms with Crippen LogP contribution in [-0.4, -0.2) is 45.9 Å². The quantitative estimate of drug-likeness (QED) is 0.619. The second kappa shape index (κ2) is 9.52. The summed E-state index contributed by atoms with van der Waals surface area (Å²) < 4.78 is 21.4. The Balaban J connectivity index is 1.59. The van der Waals surface area contributed by atoms with Crippen LogP contribution in [0.4, 0.5) is 5.69 Å². The zero-order valence-electron chi connectivity index (χ0n) is 17.8. The van der Waals surface area contributed by atoms with Gasteiger partial charge in [0.15, 0.2) is 17.6 Å². The number of ether oxygens (including phenoxy) is 4. The maximum absolute atomic E-state index is 12.8. The van der Waals surface area contributed by atoms with Crippen LogP contribution in [0, 0.1) is 0 Å². The number of methoxy groups -OCH3 is 3. The smallest absolute Gasteiger partial charge is 0.306 e. The lowest BCUT2D eigenvalue weighted by Gasteiger charge is -2.21. The number of benzene rings is 2. The molecule has 0 radical (unpaired) electrons. The first kappa shape index (κ1) is 21.5. The molecular formula is C23H27NO6. The van der Waals surface area contributed by atoms with Crippen LogP contribution in [-0.2, 0) is 27.2 Å². The molecule has 0 unspecified atom stereocenters. The molecule has 1 heterocycles. The molecule has 0 aliphatic carbocycles. The first-order valence-electron chi connectivity index (χ1n) is 9.86. The fraction of sp³-hybridized carbons (Fsp3) is 0.391. The lowest BCUT2D eigenvalue weighted by Crippen LogP contribution is -2.39. The molecule has 1 aliphatic rings. The van der Waals surface area contributed by atoms with Gasteiger partial charge >= 0.3 is 5.97 Å². The normalized spacial score (nSPS) is 13.4. The van der Waals surface area contributed by atoms with Crippen molar-refractivity contribution in [1.29, 1.82) is 0 Å². The second-order valence-electron chi connectivity index (χ2n) is 7.03. The van der Waals surface area contributed by atoms with Crippen molar-refractivity contribution in [1.82, 2.24) is 0 Å². The summed E-state index contributed by atoms with van der Waals surface area (Å²) in [7, 11) is 4.62.